The molecule has 3 heterocycles. The molecule has 128 valence electrons. The Kier molecular flexibility index (Phi) is 4.92. The number of likely N-dealkylation sites (tertiary alicyclic amines) is 1. The van der Waals surface area contributed by atoms with Crippen LogP contribution in [0.15, 0.2) is 22.8 Å². The molecule has 0 aromatic carbocycles. The van der Waals surface area contributed by atoms with Crippen molar-refractivity contribution < 1.29 is 13.9 Å². The van der Waals surface area contributed by atoms with Crippen LogP contribution >= 0.6 is 0 Å². The van der Waals surface area contributed by atoms with E-state index >= 15 is 0 Å². The lowest BCUT2D eigenvalue weighted by Gasteiger charge is -2.46. The lowest BCUT2D eigenvalue weighted by Crippen LogP contribution is -2.54. The van der Waals surface area contributed by atoms with Gasteiger partial charge in [0.05, 0.1) is 18.4 Å². The molecule has 1 atom stereocenters. The van der Waals surface area contributed by atoms with E-state index in [1.807, 2.05) is 12.1 Å². The number of hydrogen-bond donors (Lipinski definition) is 1. The number of rotatable bonds is 3. The summed E-state index contributed by atoms with van der Waals surface area (Å²) in [6.07, 6.45) is 5.58. The molecule has 0 radical (unpaired) electrons. The standard InChI is InChI=1S/C17H27N3O3/c1-19(2)16(21)18-14-5-11-23-17(12-14)6-8-20(9-7-17)13-15-4-3-10-22-15/h3-4,10,14H,5-9,11-13H2,1-2H3,(H,18,21)/t14-/m1/s1. The summed E-state index contributed by atoms with van der Waals surface area (Å²) in [4.78, 5) is 15.9. The molecule has 23 heavy (non-hydrogen) atoms. The maximum absolute atomic E-state index is 11.9. The third kappa shape index (κ3) is 4.06. The number of hydrogen-bond acceptors (Lipinski definition) is 4. The Bertz CT molecular complexity index is 507. The molecule has 0 bridgehead atoms. The van der Waals surface area contributed by atoms with Crippen molar-refractivity contribution in [3.8, 4) is 0 Å². The first-order chi connectivity index (χ1) is 11.1. The van der Waals surface area contributed by atoms with Gasteiger partial charge in [-0.3, -0.25) is 4.90 Å². The first-order valence-corrected chi connectivity index (χ1v) is 8.43. The molecule has 6 nitrogen and oxygen atoms in total. The lowest BCUT2D eigenvalue weighted by molar-refractivity contribution is -0.119. The lowest BCUT2D eigenvalue weighted by atomic mass is 9.82. The average Bonchev–Trinajstić information content (AvgIpc) is 3.03. The first kappa shape index (κ1) is 16.3. The van der Waals surface area contributed by atoms with Gasteiger partial charge in [-0.2, -0.15) is 0 Å². The summed E-state index contributed by atoms with van der Waals surface area (Å²) in [7, 11) is 3.55. The van der Waals surface area contributed by atoms with Gasteiger partial charge in [0, 0.05) is 39.8 Å². The molecular weight excluding hydrogens is 294 g/mol. The van der Waals surface area contributed by atoms with E-state index in [0.29, 0.717) is 0 Å². The van der Waals surface area contributed by atoms with E-state index in [4.69, 9.17) is 9.15 Å². The smallest absolute Gasteiger partial charge is 0.317 e. The van der Waals surface area contributed by atoms with Gasteiger partial charge in [-0.1, -0.05) is 0 Å². The molecule has 1 aromatic heterocycles. The number of furan rings is 1. The Labute approximate surface area is 137 Å². The minimum atomic E-state index is -0.0673. The van der Waals surface area contributed by atoms with Crippen molar-refractivity contribution in [2.24, 2.45) is 0 Å². The van der Waals surface area contributed by atoms with E-state index in [1.54, 1.807) is 25.3 Å². The normalized spacial score (nSPS) is 24.5. The van der Waals surface area contributed by atoms with Crippen LogP contribution in [-0.4, -0.2) is 61.3 Å². The molecule has 1 spiro atoms. The Morgan fingerprint density at radius 2 is 2.22 bits per heavy atom. The summed E-state index contributed by atoms with van der Waals surface area (Å²) in [6.45, 7) is 3.62. The summed E-state index contributed by atoms with van der Waals surface area (Å²) >= 11 is 0. The monoisotopic (exact) mass is 321 g/mol. The predicted molar refractivity (Wildman–Crippen MR) is 87.1 cm³/mol. The van der Waals surface area contributed by atoms with Gasteiger partial charge in [0.2, 0.25) is 0 Å². The van der Waals surface area contributed by atoms with E-state index in [0.717, 1.165) is 57.7 Å². The first-order valence-electron chi connectivity index (χ1n) is 8.43. The van der Waals surface area contributed by atoms with Crippen molar-refractivity contribution in [2.45, 2.75) is 43.9 Å². The van der Waals surface area contributed by atoms with Gasteiger partial charge < -0.3 is 19.4 Å². The second kappa shape index (κ2) is 6.93. The quantitative estimate of drug-likeness (QED) is 0.926. The van der Waals surface area contributed by atoms with Crippen LogP contribution in [0.25, 0.3) is 0 Å². The maximum atomic E-state index is 11.9. The van der Waals surface area contributed by atoms with Gasteiger partial charge in [-0.05, 0) is 37.8 Å². The number of carbonyl (C=O) groups excluding carboxylic acids is 1. The molecule has 2 amide bonds. The number of ether oxygens (including phenoxy) is 1. The van der Waals surface area contributed by atoms with E-state index in [2.05, 4.69) is 10.2 Å². The zero-order chi connectivity index (χ0) is 16.3. The summed E-state index contributed by atoms with van der Waals surface area (Å²) in [5, 5.41) is 3.12. The molecule has 3 rings (SSSR count). The highest BCUT2D eigenvalue weighted by atomic mass is 16.5. The number of carbonyl (C=O) groups is 1. The summed E-state index contributed by atoms with van der Waals surface area (Å²) < 4.78 is 11.6. The molecule has 2 aliphatic heterocycles. The average molecular weight is 321 g/mol. The van der Waals surface area contributed by atoms with Gasteiger partial charge in [0.1, 0.15) is 5.76 Å². The fourth-order valence-electron chi connectivity index (χ4n) is 3.54. The predicted octanol–water partition coefficient (Wildman–Crippen LogP) is 2.06. The van der Waals surface area contributed by atoms with Crippen molar-refractivity contribution >= 4 is 6.03 Å². The Morgan fingerprint density at radius 3 is 2.87 bits per heavy atom. The summed E-state index contributed by atoms with van der Waals surface area (Å²) in [5.74, 6) is 1.02. The van der Waals surface area contributed by atoms with Crippen LogP contribution in [0.3, 0.4) is 0 Å². The Morgan fingerprint density at radius 1 is 1.43 bits per heavy atom. The van der Waals surface area contributed by atoms with Gasteiger partial charge in [0.15, 0.2) is 0 Å². The number of nitrogens with zero attached hydrogens (tertiary/aromatic N) is 2. The third-order valence-corrected chi connectivity index (χ3v) is 4.95. The molecule has 1 N–H and O–H groups in total. The molecule has 1 aromatic rings. The molecular formula is C17H27N3O3. The van der Waals surface area contributed by atoms with E-state index < -0.39 is 0 Å². The molecule has 0 unspecified atom stereocenters. The zero-order valence-corrected chi connectivity index (χ0v) is 14.1. The largest absolute Gasteiger partial charge is 0.468 e. The maximum Gasteiger partial charge on any atom is 0.317 e. The van der Waals surface area contributed by atoms with Crippen LogP contribution in [0.4, 0.5) is 4.79 Å². The molecule has 2 aliphatic rings. The topological polar surface area (TPSA) is 58.0 Å². The number of nitrogens with one attached hydrogen (secondary N) is 1. The molecule has 0 aliphatic carbocycles. The van der Waals surface area contributed by atoms with Crippen molar-refractivity contribution in [3.63, 3.8) is 0 Å². The third-order valence-electron chi connectivity index (χ3n) is 4.95. The highest BCUT2D eigenvalue weighted by molar-refractivity contribution is 5.73. The van der Waals surface area contributed by atoms with E-state index in [-0.39, 0.29) is 17.7 Å². The van der Waals surface area contributed by atoms with Crippen LogP contribution in [0.1, 0.15) is 31.4 Å². The van der Waals surface area contributed by atoms with E-state index in [1.165, 1.54) is 0 Å². The second-order valence-corrected chi connectivity index (χ2v) is 6.92. The summed E-state index contributed by atoms with van der Waals surface area (Å²) in [5.41, 5.74) is -0.0673. The molecule has 0 saturated carbocycles. The number of piperidine rings is 1. The molecule has 2 saturated heterocycles. The van der Waals surface area contributed by atoms with Gasteiger partial charge in [0.25, 0.3) is 0 Å². The SMILES string of the molecule is CN(C)C(=O)N[C@@H]1CCOC2(CCN(Cc3ccco3)CC2)C1. The highest BCUT2D eigenvalue weighted by Gasteiger charge is 2.40. The van der Waals surface area contributed by atoms with Crippen LogP contribution < -0.4 is 5.32 Å². The summed E-state index contributed by atoms with van der Waals surface area (Å²) in [6, 6.07) is 4.16. The van der Waals surface area contributed by atoms with Gasteiger partial charge in [-0.15, -0.1) is 0 Å². The number of urea groups is 1. The van der Waals surface area contributed by atoms with Crippen molar-refractivity contribution in [1.29, 1.82) is 0 Å². The molecule has 6 heteroatoms. The zero-order valence-electron chi connectivity index (χ0n) is 14.1. The minimum Gasteiger partial charge on any atom is -0.468 e. The Hall–Kier alpha value is -1.53. The van der Waals surface area contributed by atoms with E-state index in [9.17, 15) is 4.79 Å². The fourth-order valence-corrected chi connectivity index (χ4v) is 3.54. The number of amides is 2. The van der Waals surface area contributed by atoms with Crippen LogP contribution in [0, 0.1) is 0 Å². The molecule has 2 fully saturated rings. The van der Waals surface area contributed by atoms with Gasteiger partial charge >= 0.3 is 6.03 Å². The second-order valence-electron chi connectivity index (χ2n) is 6.92. The van der Waals surface area contributed by atoms with Crippen LogP contribution in [-0.2, 0) is 11.3 Å². The van der Waals surface area contributed by atoms with Crippen molar-refractivity contribution in [3.05, 3.63) is 24.2 Å². The van der Waals surface area contributed by atoms with Crippen molar-refractivity contribution in [1.82, 2.24) is 15.1 Å². The van der Waals surface area contributed by atoms with Crippen molar-refractivity contribution in [2.75, 3.05) is 33.8 Å². The van der Waals surface area contributed by atoms with Crippen LogP contribution in [0.2, 0.25) is 0 Å². The minimum absolute atomic E-state index is 0.0118. The van der Waals surface area contributed by atoms with Gasteiger partial charge in [-0.25, -0.2) is 4.79 Å². The highest BCUT2D eigenvalue weighted by Crippen LogP contribution is 2.35. The fraction of sp³-hybridized carbons (Fsp3) is 0.706. The Balaban J connectivity index is 1.51. The van der Waals surface area contributed by atoms with Crippen LogP contribution in [0.5, 0.6) is 0 Å².